The Bertz CT molecular complexity index is 423. The molecule has 1 atom stereocenters. The van der Waals surface area contributed by atoms with Gasteiger partial charge in [-0.2, -0.15) is 0 Å². The summed E-state index contributed by atoms with van der Waals surface area (Å²) < 4.78 is 0. The van der Waals surface area contributed by atoms with E-state index in [1.165, 1.54) is 25.7 Å². The maximum absolute atomic E-state index is 12.6. The molecular formula is C16H22N2O. The van der Waals surface area contributed by atoms with Crippen molar-refractivity contribution in [2.75, 3.05) is 13.1 Å². The maximum Gasteiger partial charge on any atom is 0.244 e. The van der Waals surface area contributed by atoms with E-state index in [9.17, 15) is 4.79 Å². The predicted octanol–water partition coefficient (Wildman–Crippen LogP) is 2.33. The molecule has 2 aliphatic carbocycles. The summed E-state index contributed by atoms with van der Waals surface area (Å²) in [6.07, 6.45) is 5.09. The summed E-state index contributed by atoms with van der Waals surface area (Å²) in [5.74, 6) is 1.56. The van der Waals surface area contributed by atoms with E-state index < -0.39 is 6.04 Å². The molecule has 102 valence electrons. The number of rotatable bonds is 6. The van der Waals surface area contributed by atoms with Gasteiger partial charge in [-0.25, -0.2) is 0 Å². The minimum absolute atomic E-state index is 0.102. The van der Waals surface area contributed by atoms with Crippen molar-refractivity contribution < 1.29 is 4.79 Å². The quantitative estimate of drug-likeness (QED) is 0.851. The highest BCUT2D eigenvalue weighted by molar-refractivity contribution is 5.83. The Kier molecular flexibility index (Phi) is 3.56. The molecule has 0 saturated heterocycles. The molecule has 0 bridgehead atoms. The van der Waals surface area contributed by atoms with Crippen molar-refractivity contribution in [3.05, 3.63) is 35.9 Å². The number of benzene rings is 1. The van der Waals surface area contributed by atoms with E-state index in [1.54, 1.807) is 0 Å². The zero-order valence-corrected chi connectivity index (χ0v) is 11.3. The van der Waals surface area contributed by atoms with Gasteiger partial charge in [-0.15, -0.1) is 0 Å². The van der Waals surface area contributed by atoms with Crippen LogP contribution in [0.3, 0.4) is 0 Å². The van der Waals surface area contributed by atoms with E-state index in [1.807, 2.05) is 35.2 Å². The minimum Gasteiger partial charge on any atom is -0.340 e. The SMILES string of the molecule is N[C@H](C(=O)N(CC1CC1)CC1CC1)c1ccccc1. The molecule has 19 heavy (non-hydrogen) atoms. The molecule has 2 N–H and O–H groups in total. The van der Waals surface area contributed by atoms with Crippen LogP contribution >= 0.6 is 0 Å². The van der Waals surface area contributed by atoms with Gasteiger partial charge in [-0.3, -0.25) is 4.79 Å². The van der Waals surface area contributed by atoms with Crippen LogP contribution in [0.2, 0.25) is 0 Å². The Morgan fingerprint density at radius 1 is 1.11 bits per heavy atom. The van der Waals surface area contributed by atoms with Crippen LogP contribution in [0.4, 0.5) is 0 Å². The number of nitrogens with two attached hydrogens (primary N) is 1. The molecule has 1 aromatic rings. The summed E-state index contributed by atoms with van der Waals surface area (Å²) >= 11 is 0. The highest BCUT2D eigenvalue weighted by atomic mass is 16.2. The van der Waals surface area contributed by atoms with Crippen LogP contribution in [-0.2, 0) is 4.79 Å². The molecule has 2 fully saturated rings. The average molecular weight is 258 g/mol. The maximum atomic E-state index is 12.6. The van der Waals surface area contributed by atoms with Crippen molar-refractivity contribution in [3.63, 3.8) is 0 Å². The van der Waals surface area contributed by atoms with Gasteiger partial charge in [0.2, 0.25) is 5.91 Å². The first-order valence-corrected chi connectivity index (χ1v) is 7.33. The van der Waals surface area contributed by atoms with Gasteiger partial charge >= 0.3 is 0 Å². The summed E-state index contributed by atoms with van der Waals surface area (Å²) in [5.41, 5.74) is 7.06. The van der Waals surface area contributed by atoms with Gasteiger partial charge in [0, 0.05) is 13.1 Å². The van der Waals surface area contributed by atoms with Crippen molar-refractivity contribution in [1.29, 1.82) is 0 Å². The van der Waals surface area contributed by atoms with Crippen LogP contribution in [0, 0.1) is 11.8 Å². The molecule has 1 aromatic carbocycles. The zero-order valence-electron chi connectivity index (χ0n) is 11.3. The van der Waals surface area contributed by atoms with Gasteiger partial charge in [0.15, 0.2) is 0 Å². The molecule has 0 radical (unpaired) electrons. The third-order valence-corrected chi connectivity index (χ3v) is 4.09. The summed E-state index contributed by atoms with van der Waals surface area (Å²) in [6, 6.07) is 9.21. The van der Waals surface area contributed by atoms with E-state index in [-0.39, 0.29) is 5.91 Å². The lowest BCUT2D eigenvalue weighted by Gasteiger charge is -2.26. The number of carbonyl (C=O) groups excluding carboxylic acids is 1. The monoisotopic (exact) mass is 258 g/mol. The van der Waals surface area contributed by atoms with Crippen molar-refractivity contribution >= 4 is 5.91 Å². The van der Waals surface area contributed by atoms with Crippen molar-refractivity contribution in [2.24, 2.45) is 17.6 Å². The number of hydrogen-bond acceptors (Lipinski definition) is 2. The van der Waals surface area contributed by atoms with Crippen LogP contribution in [0.25, 0.3) is 0 Å². The van der Waals surface area contributed by atoms with Crippen LogP contribution in [0.15, 0.2) is 30.3 Å². The van der Waals surface area contributed by atoms with Crippen LogP contribution < -0.4 is 5.73 Å². The Morgan fingerprint density at radius 3 is 2.11 bits per heavy atom. The molecule has 0 heterocycles. The summed E-state index contributed by atoms with van der Waals surface area (Å²) in [4.78, 5) is 14.6. The zero-order chi connectivity index (χ0) is 13.2. The summed E-state index contributed by atoms with van der Waals surface area (Å²) in [5, 5.41) is 0. The molecule has 3 rings (SSSR count). The minimum atomic E-state index is -0.501. The van der Waals surface area contributed by atoms with Gasteiger partial charge in [-0.1, -0.05) is 30.3 Å². The molecule has 3 nitrogen and oxygen atoms in total. The first kappa shape index (κ1) is 12.7. The second kappa shape index (κ2) is 5.33. The highest BCUT2D eigenvalue weighted by Crippen LogP contribution is 2.34. The lowest BCUT2D eigenvalue weighted by atomic mass is 10.1. The van der Waals surface area contributed by atoms with E-state index in [0.717, 1.165) is 30.5 Å². The van der Waals surface area contributed by atoms with Gasteiger partial charge < -0.3 is 10.6 Å². The third kappa shape index (κ3) is 3.35. The second-order valence-corrected chi connectivity index (χ2v) is 6.02. The van der Waals surface area contributed by atoms with Crippen LogP contribution in [0.5, 0.6) is 0 Å². The predicted molar refractivity (Wildman–Crippen MR) is 75.4 cm³/mol. The van der Waals surface area contributed by atoms with E-state index >= 15 is 0 Å². The second-order valence-electron chi connectivity index (χ2n) is 6.02. The Labute approximate surface area is 114 Å². The number of amides is 1. The molecule has 0 aliphatic heterocycles. The molecular weight excluding hydrogens is 236 g/mol. The Balaban J connectivity index is 1.67. The third-order valence-electron chi connectivity index (χ3n) is 4.09. The molecule has 1 amide bonds. The molecule has 0 spiro atoms. The van der Waals surface area contributed by atoms with Crippen LogP contribution in [-0.4, -0.2) is 23.9 Å². The first-order chi connectivity index (χ1) is 9.24. The smallest absolute Gasteiger partial charge is 0.244 e. The van der Waals surface area contributed by atoms with Gasteiger partial charge in [0.05, 0.1) is 0 Å². The molecule has 0 unspecified atom stereocenters. The van der Waals surface area contributed by atoms with Crippen molar-refractivity contribution in [3.8, 4) is 0 Å². The highest BCUT2D eigenvalue weighted by Gasteiger charge is 2.33. The van der Waals surface area contributed by atoms with Crippen molar-refractivity contribution in [2.45, 2.75) is 31.7 Å². The van der Waals surface area contributed by atoms with Gasteiger partial charge in [0.1, 0.15) is 6.04 Å². The topological polar surface area (TPSA) is 46.3 Å². The number of nitrogens with zero attached hydrogens (tertiary/aromatic N) is 1. The van der Waals surface area contributed by atoms with E-state index in [0.29, 0.717) is 0 Å². The van der Waals surface area contributed by atoms with Gasteiger partial charge in [0.25, 0.3) is 0 Å². The molecule has 0 aromatic heterocycles. The lowest BCUT2D eigenvalue weighted by Crippen LogP contribution is -2.41. The fourth-order valence-corrected chi connectivity index (χ4v) is 2.48. The fraction of sp³-hybridized carbons (Fsp3) is 0.562. The molecule has 2 saturated carbocycles. The summed E-state index contributed by atoms with van der Waals surface area (Å²) in [6.45, 7) is 1.83. The summed E-state index contributed by atoms with van der Waals surface area (Å²) in [7, 11) is 0. The number of carbonyl (C=O) groups is 1. The number of hydrogen-bond donors (Lipinski definition) is 1. The normalized spacial score (nSPS) is 20.1. The van der Waals surface area contributed by atoms with E-state index in [4.69, 9.17) is 5.73 Å². The lowest BCUT2D eigenvalue weighted by molar-refractivity contribution is -0.133. The Morgan fingerprint density at radius 2 is 1.63 bits per heavy atom. The molecule has 3 heteroatoms. The standard InChI is InChI=1S/C16H22N2O/c17-15(14-4-2-1-3-5-14)16(19)18(10-12-6-7-12)11-13-8-9-13/h1-5,12-13,15H,6-11,17H2/t15-/m0/s1. The van der Waals surface area contributed by atoms with Crippen LogP contribution in [0.1, 0.15) is 37.3 Å². The molecule has 2 aliphatic rings. The van der Waals surface area contributed by atoms with Gasteiger partial charge in [-0.05, 0) is 43.1 Å². The average Bonchev–Trinajstić information content (AvgIpc) is 3.32. The fourth-order valence-electron chi connectivity index (χ4n) is 2.48. The van der Waals surface area contributed by atoms with E-state index in [2.05, 4.69) is 0 Å². The first-order valence-electron chi connectivity index (χ1n) is 7.33. The van der Waals surface area contributed by atoms with Crippen molar-refractivity contribution in [1.82, 2.24) is 4.90 Å². The largest absolute Gasteiger partial charge is 0.340 e. The Hall–Kier alpha value is -1.35.